The predicted molar refractivity (Wildman–Crippen MR) is 144 cm³/mol. The highest BCUT2D eigenvalue weighted by atomic mass is 16.7. The zero-order valence-electron chi connectivity index (χ0n) is 25.8. The third-order valence-electron chi connectivity index (χ3n) is 9.86. The molecule has 2 N–H and O–H groups in total. The van der Waals surface area contributed by atoms with Crippen molar-refractivity contribution in [3.63, 3.8) is 0 Å². The van der Waals surface area contributed by atoms with Crippen LogP contribution in [0.15, 0.2) is 23.8 Å². The molecule has 5 rings (SSSR count). The van der Waals surface area contributed by atoms with Gasteiger partial charge in [0.1, 0.15) is 5.60 Å². The van der Waals surface area contributed by atoms with Gasteiger partial charge in [-0.15, -0.1) is 0 Å². The normalized spacial score (nSPS) is 45.7. The molecule has 15 heteroatoms. The van der Waals surface area contributed by atoms with E-state index in [1.807, 2.05) is 0 Å². The summed E-state index contributed by atoms with van der Waals surface area (Å²) in [6, 6.07) is 0. The number of carbonyl (C=O) groups is 6. The lowest BCUT2D eigenvalue weighted by molar-refractivity contribution is -0.434. The Balaban J connectivity index is 1.96. The summed E-state index contributed by atoms with van der Waals surface area (Å²) in [5.74, 6) is -8.21. The van der Waals surface area contributed by atoms with Gasteiger partial charge in [-0.05, 0) is 24.6 Å². The van der Waals surface area contributed by atoms with E-state index >= 15 is 0 Å². The number of fused-ring (bicyclic) bond motifs is 7. The Bertz CT molecular complexity index is 1430. The lowest BCUT2D eigenvalue weighted by atomic mass is 9.30. The minimum atomic E-state index is -2.55. The number of aliphatic hydroxyl groups is 2. The summed E-state index contributed by atoms with van der Waals surface area (Å²) in [4.78, 5) is 77.1. The zero-order chi connectivity index (χ0) is 33.5. The van der Waals surface area contributed by atoms with Crippen LogP contribution < -0.4 is 0 Å². The Labute approximate surface area is 257 Å². The van der Waals surface area contributed by atoms with Crippen molar-refractivity contribution in [3.05, 3.63) is 23.8 Å². The van der Waals surface area contributed by atoms with E-state index in [9.17, 15) is 39.0 Å². The Morgan fingerprint density at radius 2 is 1.47 bits per heavy atom. The molecule has 0 radical (unpaired) electrons. The molecule has 0 amide bonds. The van der Waals surface area contributed by atoms with E-state index in [1.165, 1.54) is 32.1 Å². The molecule has 15 nitrogen and oxygen atoms in total. The van der Waals surface area contributed by atoms with Crippen molar-refractivity contribution in [1.29, 1.82) is 0 Å². The van der Waals surface area contributed by atoms with Crippen LogP contribution in [0.2, 0.25) is 0 Å². The van der Waals surface area contributed by atoms with Gasteiger partial charge in [0.2, 0.25) is 0 Å². The van der Waals surface area contributed by atoms with Crippen LogP contribution >= 0.6 is 0 Å². The number of carbonyl (C=O) groups excluding carboxylic acids is 6. The average molecular weight is 637 g/mol. The first-order chi connectivity index (χ1) is 20.9. The molecular weight excluding hydrogens is 600 g/mol. The highest BCUT2D eigenvalue weighted by molar-refractivity contribution is 5.80. The molecule has 2 heterocycles. The van der Waals surface area contributed by atoms with E-state index in [1.54, 1.807) is 0 Å². The second kappa shape index (κ2) is 10.4. The van der Waals surface area contributed by atoms with Crippen LogP contribution in [-0.2, 0) is 61.9 Å². The fraction of sp³-hybridized carbons (Fsp3) is 0.667. The van der Waals surface area contributed by atoms with Gasteiger partial charge in [-0.2, -0.15) is 0 Å². The lowest BCUT2D eigenvalue weighted by Crippen LogP contribution is -2.97. The summed E-state index contributed by atoms with van der Waals surface area (Å²) in [6.45, 7) is 7.35. The fourth-order valence-corrected chi connectivity index (χ4v) is 8.53. The van der Waals surface area contributed by atoms with E-state index in [4.69, 9.17) is 33.2 Å². The van der Waals surface area contributed by atoms with Crippen molar-refractivity contribution in [1.82, 2.24) is 0 Å². The van der Waals surface area contributed by atoms with Crippen LogP contribution in [0.3, 0.4) is 0 Å². The molecule has 0 aromatic carbocycles. The smallest absolute Gasteiger partial charge is 0.312 e. The predicted octanol–water partition coefficient (Wildman–Crippen LogP) is -0.415. The van der Waals surface area contributed by atoms with Gasteiger partial charge in [0.15, 0.2) is 41.2 Å². The van der Waals surface area contributed by atoms with Gasteiger partial charge in [-0.25, -0.2) is 0 Å². The summed E-state index contributed by atoms with van der Waals surface area (Å²) >= 11 is 0. The van der Waals surface area contributed by atoms with Crippen molar-refractivity contribution in [2.45, 2.75) is 95.3 Å². The van der Waals surface area contributed by atoms with Crippen molar-refractivity contribution in [3.8, 4) is 0 Å². The molecule has 0 aromatic heterocycles. The minimum Gasteiger partial charge on any atom is -0.458 e. The fourth-order valence-electron chi connectivity index (χ4n) is 8.53. The second-order valence-corrected chi connectivity index (χ2v) is 12.4. The van der Waals surface area contributed by atoms with Gasteiger partial charge in [0, 0.05) is 34.6 Å². The standard InChI is InChI=1S/C30H36O15/c1-13-24(37)43-20-10-19(11-31)8-9-28(44-17(5)35)26(7)22(41-15(3)33)21(40-14(2)32)23(42-16(4)34)27(12-39-27)25(26)30(28,29(13,20)38)45-18(6)36/h8-10,13,20-23,25,31,38H,11-12H2,1-7H3/b9-8-,19-10+/t13-,20-,21+,22-,23+,25+,26-,27+,28?,29-,30-/m0/s1. The molecule has 1 spiro atoms. The maximum Gasteiger partial charge on any atom is 0.312 e. The molecule has 246 valence electrons. The molecular formula is C30H36O15. The first kappa shape index (κ1) is 32.6. The molecule has 0 bridgehead atoms. The average Bonchev–Trinajstić information content (AvgIpc) is 3.67. The molecule has 2 aliphatic heterocycles. The van der Waals surface area contributed by atoms with E-state index in [0.717, 1.165) is 34.6 Å². The quantitative estimate of drug-likeness (QED) is 0.215. The monoisotopic (exact) mass is 636 g/mol. The molecule has 0 aromatic rings. The van der Waals surface area contributed by atoms with Crippen molar-refractivity contribution in [2.75, 3.05) is 13.2 Å². The largest absolute Gasteiger partial charge is 0.458 e. The lowest BCUT2D eigenvalue weighted by Gasteiger charge is -2.78. The summed E-state index contributed by atoms with van der Waals surface area (Å²) < 4.78 is 41.1. The van der Waals surface area contributed by atoms with E-state index in [0.29, 0.717) is 0 Å². The van der Waals surface area contributed by atoms with Crippen LogP contribution in [0.25, 0.3) is 0 Å². The summed E-state index contributed by atoms with van der Waals surface area (Å²) in [6.07, 6.45) is -2.34. The van der Waals surface area contributed by atoms with Crippen LogP contribution in [0.5, 0.6) is 0 Å². The molecule has 3 aliphatic carbocycles. The maximum atomic E-state index is 13.2. The van der Waals surface area contributed by atoms with Crippen LogP contribution in [-0.4, -0.2) is 106 Å². The molecule has 2 saturated heterocycles. The number of epoxide rings is 1. The van der Waals surface area contributed by atoms with E-state index in [-0.39, 0.29) is 12.2 Å². The van der Waals surface area contributed by atoms with Crippen molar-refractivity contribution < 1.29 is 72.1 Å². The van der Waals surface area contributed by atoms with Gasteiger partial charge in [-0.3, -0.25) is 28.8 Å². The Morgan fingerprint density at radius 3 is 1.96 bits per heavy atom. The highest BCUT2D eigenvalue weighted by Crippen LogP contribution is 2.80. The number of esters is 6. The number of rotatable bonds is 6. The third kappa shape index (κ3) is 4.06. The van der Waals surface area contributed by atoms with Crippen molar-refractivity contribution >= 4 is 35.8 Å². The number of ether oxygens (including phenoxy) is 7. The van der Waals surface area contributed by atoms with Crippen molar-refractivity contribution in [2.24, 2.45) is 17.3 Å². The molecule has 5 aliphatic rings. The first-order valence-corrected chi connectivity index (χ1v) is 14.4. The number of hydrogen-bond donors (Lipinski definition) is 2. The molecule has 1 unspecified atom stereocenters. The highest BCUT2D eigenvalue weighted by Gasteiger charge is 3.00. The Morgan fingerprint density at radius 1 is 0.911 bits per heavy atom. The van der Waals surface area contributed by atoms with E-state index < -0.39 is 106 Å². The molecule has 45 heavy (non-hydrogen) atoms. The Hall–Kier alpha value is -3.82. The first-order valence-electron chi connectivity index (χ1n) is 14.4. The van der Waals surface area contributed by atoms with E-state index in [2.05, 4.69) is 0 Å². The minimum absolute atomic E-state index is 0.127. The van der Waals surface area contributed by atoms with Gasteiger partial charge < -0.3 is 43.4 Å². The summed E-state index contributed by atoms with van der Waals surface area (Å²) in [5, 5.41) is 23.1. The summed E-state index contributed by atoms with van der Waals surface area (Å²) in [7, 11) is 0. The Kier molecular flexibility index (Phi) is 7.49. The topological polar surface area (TPSA) is 211 Å². The van der Waals surface area contributed by atoms with Crippen LogP contribution in [0.1, 0.15) is 48.5 Å². The molecule has 2 saturated carbocycles. The van der Waals surface area contributed by atoms with Crippen LogP contribution in [0.4, 0.5) is 0 Å². The van der Waals surface area contributed by atoms with Gasteiger partial charge in [0.05, 0.1) is 30.5 Å². The maximum absolute atomic E-state index is 13.2. The molecule has 4 fully saturated rings. The SMILES string of the molecule is CC(=O)O[C@H]1[C@@H](OC(C)=O)[C@]2(CO2)[C@H]2[C@](C)([C@H]1OC(C)=O)C1(OC(C)=O)/C=C\C(CO)=C/[C@@H]3OC(=O)[C@H](C)[C@@]3(O)[C@]21OC(C)=O. The zero-order valence-corrected chi connectivity index (χ0v) is 25.8. The third-order valence-corrected chi connectivity index (χ3v) is 9.86. The second-order valence-electron chi connectivity index (χ2n) is 12.4. The van der Waals surface area contributed by atoms with Gasteiger partial charge in [-0.1, -0.05) is 13.0 Å². The number of aliphatic hydroxyl groups excluding tert-OH is 1. The number of hydrogen-bond acceptors (Lipinski definition) is 15. The molecule has 11 atom stereocenters. The van der Waals surface area contributed by atoms with Gasteiger partial charge in [0.25, 0.3) is 0 Å². The summed E-state index contributed by atoms with van der Waals surface area (Å²) in [5.41, 5.74) is -10.7. The van der Waals surface area contributed by atoms with Gasteiger partial charge >= 0.3 is 35.8 Å². The van der Waals surface area contributed by atoms with Crippen LogP contribution in [0, 0.1) is 17.3 Å².